The van der Waals surface area contributed by atoms with Crippen LogP contribution in [0.15, 0.2) is 35.2 Å². The van der Waals surface area contributed by atoms with E-state index in [2.05, 4.69) is 14.7 Å². The molecule has 0 aliphatic carbocycles. The van der Waals surface area contributed by atoms with Crippen LogP contribution in [0.25, 0.3) is 0 Å². The molecule has 0 radical (unpaired) electrons. The van der Waals surface area contributed by atoms with Crippen molar-refractivity contribution in [2.24, 2.45) is 0 Å². The number of aromatic nitrogens is 2. The van der Waals surface area contributed by atoms with Gasteiger partial charge in [-0.3, -0.25) is 4.72 Å². The van der Waals surface area contributed by atoms with E-state index >= 15 is 0 Å². The molecule has 1 heterocycles. The fourth-order valence-corrected chi connectivity index (χ4v) is 3.20. The Morgan fingerprint density at radius 2 is 1.76 bits per heavy atom. The van der Waals surface area contributed by atoms with Crippen LogP contribution < -0.4 is 4.72 Å². The fraction of sp³-hybridized carbons (Fsp3) is 0.167. The molecule has 0 saturated carbocycles. The number of halogens is 3. The van der Waals surface area contributed by atoms with Crippen LogP contribution in [0, 0.1) is 0 Å². The lowest BCUT2D eigenvalue weighted by molar-refractivity contribution is 0.601. The van der Waals surface area contributed by atoms with Crippen molar-refractivity contribution in [2.45, 2.75) is 11.3 Å². The number of anilines is 1. The number of rotatable bonds is 5. The summed E-state index contributed by atoms with van der Waals surface area (Å²) in [5.74, 6) is 0.479. The average Bonchev–Trinajstić information content (AvgIpc) is 2.38. The van der Waals surface area contributed by atoms with Gasteiger partial charge in [-0.25, -0.2) is 13.4 Å². The lowest BCUT2D eigenvalue weighted by atomic mass is 10.2. The molecule has 1 aromatic carbocycles. The number of aryl methyl sites for hydroxylation is 1. The van der Waals surface area contributed by atoms with E-state index in [0.717, 1.165) is 5.56 Å². The molecule has 0 aliphatic heterocycles. The molecule has 0 atom stereocenters. The van der Waals surface area contributed by atoms with Gasteiger partial charge in [0.2, 0.25) is 5.28 Å². The third kappa shape index (κ3) is 4.44. The van der Waals surface area contributed by atoms with Gasteiger partial charge in [-0.15, -0.1) is 11.6 Å². The second kappa shape index (κ2) is 6.79. The molecule has 112 valence electrons. The van der Waals surface area contributed by atoms with Crippen LogP contribution in [0.5, 0.6) is 0 Å². The summed E-state index contributed by atoms with van der Waals surface area (Å²) in [5.41, 5.74) is 0.956. The van der Waals surface area contributed by atoms with E-state index in [-0.39, 0.29) is 21.2 Å². The van der Waals surface area contributed by atoms with Gasteiger partial charge in [0.25, 0.3) is 10.0 Å². The van der Waals surface area contributed by atoms with Gasteiger partial charge in [-0.1, -0.05) is 23.7 Å². The van der Waals surface area contributed by atoms with Gasteiger partial charge in [-0.2, -0.15) is 4.98 Å². The Balaban J connectivity index is 2.25. The first-order valence-electron chi connectivity index (χ1n) is 5.78. The molecule has 0 fully saturated rings. The minimum atomic E-state index is -3.77. The number of benzene rings is 1. The molecule has 2 aromatic rings. The number of sulfonamides is 1. The van der Waals surface area contributed by atoms with Gasteiger partial charge in [0.1, 0.15) is 11.0 Å². The number of hydrogen-bond acceptors (Lipinski definition) is 4. The smallest absolute Gasteiger partial charge is 0.263 e. The van der Waals surface area contributed by atoms with Crippen LogP contribution >= 0.6 is 34.8 Å². The first kappa shape index (κ1) is 16.3. The van der Waals surface area contributed by atoms with Crippen LogP contribution in [-0.2, 0) is 16.4 Å². The molecule has 2 rings (SSSR count). The van der Waals surface area contributed by atoms with E-state index < -0.39 is 10.0 Å². The first-order chi connectivity index (χ1) is 9.90. The van der Waals surface area contributed by atoms with E-state index in [9.17, 15) is 8.42 Å². The summed E-state index contributed by atoms with van der Waals surface area (Å²) in [4.78, 5) is 7.50. The minimum absolute atomic E-state index is 0.00448. The van der Waals surface area contributed by atoms with Crippen molar-refractivity contribution in [2.75, 3.05) is 10.6 Å². The lowest BCUT2D eigenvalue weighted by Gasteiger charge is -2.08. The highest BCUT2D eigenvalue weighted by atomic mass is 35.5. The Morgan fingerprint density at radius 3 is 2.33 bits per heavy atom. The summed E-state index contributed by atoms with van der Waals surface area (Å²) in [6.45, 7) is 0. The molecule has 5 nitrogen and oxygen atoms in total. The Kier molecular flexibility index (Phi) is 5.27. The van der Waals surface area contributed by atoms with E-state index in [1.54, 1.807) is 12.1 Å². The van der Waals surface area contributed by atoms with Crippen LogP contribution in [0.3, 0.4) is 0 Å². The van der Waals surface area contributed by atoms with Crippen LogP contribution in [0.4, 0.5) is 5.82 Å². The highest BCUT2D eigenvalue weighted by Crippen LogP contribution is 2.19. The average molecular weight is 367 g/mol. The first-order valence-corrected chi connectivity index (χ1v) is 8.56. The molecular weight excluding hydrogens is 357 g/mol. The van der Waals surface area contributed by atoms with Crippen molar-refractivity contribution in [3.63, 3.8) is 0 Å². The van der Waals surface area contributed by atoms with Crippen LogP contribution in [-0.4, -0.2) is 24.3 Å². The minimum Gasteiger partial charge on any atom is -0.263 e. The molecule has 0 amide bonds. The summed E-state index contributed by atoms with van der Waals surface area (Å²) < 4.78 is 26.7. The number of hydrogen-bond donors (Lipinski definition) is 1. The standard InChI is InChI=1S/C12H10Cl3N3O2S/c13-6-5-8-1-3-9(4-2-8)21(19,20)18-11-7-10(14)16-12(15)17-11/h1-4,7H,5-6H2,(H,16,17,18). The molecule has 0 unspecified atom stereocenters. The highest BCUT2D eigenvalue weighted by molar-refractivity contribution is 7.92. The summed E-state index contributed by atoms with van der Waals surface area (Å²) in [7, 11) is -3.77. The second-order valence-electron chi connectivity index (χ2n) is 4.03. The molecule has 1 aromatic heterocycles. The lowest BCUT2D eigenvalue weighted by Crippen LogP contribution is -2.14. The van der Waals surface area contributed by atoms with Gasteiger partial charge in [0.15, 0.2) is 0 Å². The van der Waals surface area contributed by atoms with E-state index in [0.29, 0.717) is 12.3 Å². The normalized spacial score (nSPS) is 11.4. The maximum Gasteiger partial charge on any atom is 0.263 e. The van der Waals surface area contributed by atoms with Gasteiger partial charge in [0.05, 0.1) is 4.90 Å². The highest BCUT2D eigenvalue weighted by Gasteiger charge is 2.15. The Hall–Kier alpha value is -1.08. The fourth-order valence-electron chi connectivity index (χ4n) is 1.58. The third-order valence-corrected chi connectivity index (χ3v) is 4.45. The van der Waals surface area contributed by atoms with Gasteiger partial charge >= 0.3 is 0 Å². The second-order valence-corrected chi connectivity index (χ2v) is 6.82. The zero-order valence-corrected chi connectivity index (χ0v) is 13.6. The zero-order valence-electron chi connectivity index (χ0n) is 10.6. The van der Waals surface area contributed by atoms with E-state index in [1.165, 1.54) is 18.2 Å². The summed E-state index contributed by atoms with van der Waals surface area (Å²) >= 11 is 17.0. The maximum atomic E-state index is 12.2. The predicted octanol–water partition coefficient (Wildman–Crippen LogP) is 3.37. The van der Waals surface area contributed by atoms with Crippen molar-refractivity contribution < 1.29 is 8.42 Å². The zero-order chi connectivity index (χ0) is 15.5. The van der Waals surface area contributed by atoms with Gasteiger partial charge in [0, 0.05) is 11.9 Å². The number of nitrogens with zero attached hydrogens (tertiary/aromatic N) is 2. The molecular formula is C12H10Cl3N3O2S. The molecule has 1 N–H and O–H groups in total. The van der Waals surface area contributed by atoms with Crippen molar-refractivity contribution in [1.82, 2.24) is 9.97 Å². The third-order valence-electron chi connectivity index (χ3n) is 2.52. The molecule has 0 saturated heterocycles. The Labute approximate surface area is 137 Å². The Morgan fingerprint density at radius 1 is 1.10 bits per heavy atom. The van der Waals surface area contributed by atoms with Crippen molar-refractivity contribution in [3.05, 3.63) is 46.3 Å². The van der Waals surface area contributed by atoms with E-state index in [1.807, 2.05) is 0 Å². The number of nitrogens with one attached hydrogen (secondary N) is 1. The topological polar surface area (TPSA) is 72.0 Å². The van der Waals surface area contributed by atoms with Gasteiger partial charge < -0.3 is 0 Å². The molecule has 0 spiro atoms. The summed E-state index contributed by atoms with van der Waals surface area (Å²) in [6, 6.07) is 7.67. The number of alkyl halides is 1. The molecule has 9 heteroatoms. The molecule has 21 heavy (non-hydrogen) atoms. The predicted molar refractivity (Wildman–Crippen MR) is 83.7 cm³/mol. The summed E-state index contributed by atoms with van der Waals surface area (Å²) in [5, 5.41) is -0.0946. The van der Waals surface area contributed by atoms with Crippen molar-refractivity contribution >= 4 is 50.6 Å². The summed E-state index contributed by atoms with van der Waals surface area (Å²) in [6.07, 6.45) is 0.673. The molecule has 0 aliphatic rings. The molecule has 0 bridgehead atoms. The van der Waals surface area contributed by atoms with Gasteiger partial charge in [-0.05, 0) is 35.7 Å². The van der Waals surface area contributed by atoms with E-state index in [4.69, 9.17) is 34.8 Å². The SMILES string of the molecule is O=S(=O)(Nc1cc(Cl)nc(Cl)n1)c1ccc(CCCl)cc1. The quantitative estimate of drug-likeness (QED) is 0.500. The van der Waals surface area contributed by atoms with Crippen molar-refractivity contribution in [1.29, 1.82) is 0 Å². The monoisotopic (exact) mass is 365 g/mol. The maximum absolute atomic E-state index is 12.2. The largest absolute Gasteiger partial charge is 0.263 e. The van der Waals surface area contributed by atoms with Crippen molar-refractivity contribution in [3.8, 4) is 0 Å². The van der Waals surface area contributed by atoms with Crippen LogP contribution in [0.2, 0.25) is 10.4 Å². The van der Waals surface area contributed by atoms with Crippen LogP contribution in [0.1, 0.15) is 5.56 Å². The Bertz CT molecular complexity index is 716.